The number of halogens is 1. The van der Waals surface area contributed by atoms with Crippen LogP contribution in [0.4, 0.5) is 11.4 Å². The predicted octanol–water partition coefficient (Wildman–Crippen LogP) is 10.1. The lowest BCUT2D eigenvalue weighted by molar-refractivity contribution is -0.401. The van der Waals surface area contributed by atoms with E-state index in [4.69, 9.17) is 11.6 Å². The van der Waals surface area contributed by atoms with Crippen molar-refractivity contribution in [1.82, 2.24) is 0 Å². The Labute approximate surface area is 261 Å². The molecule has 2 heterocycles. The van der Waals surface area contributed by atoms with Gasteiger partial charge in [-0.05, 0) is 83.2 Å². The number of hydrogen-bond acceptors (Lipinski definition) is 1. The third-order valence-corrected chi connectivity index (χ3v) is 10.3. The van der Waals surface area contributed by atoms with Gasteiger partial charge in [-0.25, -0.2) is 0 Å². The number of anilines is 1. The monoisotopic (exact) mass is 583 g/mol. The minimum Gasteiger partial charge on any atom is -0.347 e. The molecule has 0 bridgehead atoms. The van der Waals surface area contributed by atoms with Crippen LogP contribution >= 0.6 is 11.6 Å². The third kappa shape index (κ3) is 4.42. The molecule has 3 aliphatic rings. The Hall–Kier alpha value is -3.88. The number of benzene rings is 4. The van der Waals surface area contributed by atoms with Gasteiger partial charge < -0.3 is 4.90 Å². The summed E-state index contributed by atoms with van der Waals surface area (Å²) < 4.78 is 2.36. The van der Waals surface area contributed by atoms with Crippen LogP contribution in [0.5, 0.6) is 0 Å². The molecule has 1 aliphatic carbocycles. The first-order chi connectivity index (χ1) is 20.6. The van der Waals surface area contributed by atoms with Gasteiger partial charge in [-0.1, -0.05) is 86.7 Å². The van der Waals surface area contributed by atoms with Crippen molar-refractivity contribution in [2.45, 2.75) is 56.7 Å². The second-order valence-corrected chi connectivity index (χ2v) is 14.1. The van der Waals surface area contributed by atoms with Gasteiger partial charge >= 0.3 is 0 Å². The molecule has 0 N–H and O–H groups in total. The molecule has 7 rings (SSSR count). The molecule has 0 spiro atoms. The number of fused-ring (bicyclic) bond motifs is 6. The molecular weight excluding hydrogens is 544 g/mol. The molecule has 0 saturated heterocycles. The largest absolute Gasteiger partial charge is 0.347 e. The van der Waals surface area contributed by atoms with Crippen LogP contribution in [0.1, 0.15) is 51.7 Å². The van der Waals surface area contributed by atoms with E-state index in [1.807, 2.05) is 0 Å². The van der Waals surface area contributed by atoms with E-state index in [1.165, 1.54) is 66.6 Å². The van der Waals surface area contributed by atoms with Gasteiger partial charge in [-0.3, -0.25) is 0 Å². The maximum Gasteiger partial charge on any atom is 0.210 e. The highest BCUT2D eigenvalue weighted by Gasteiger charge is 2.44. The molecule has 1 atom stereocenters. The van der Waals surface area contributed by atoms with Crippen LogP contribution in [0, 0.1) is 0 Å². The fourth-order valence-corrected chi connectivity index (χ4v) is 8.29. The van der Waals surface area contributed by atoms with Gasteiger partial charge in [0.15, 0.2) is 5.71 Å². The summed E-state index contributed by atoms with van der Waals surface area (Å²) in [7, 11) is 4.39. The lowest BCUT2D eigenvalue weighted by Gasteiger charge is -2.24. The average molecular weight is 584 g/mol. The molecule has 4 aromatic rings. The molecule has 1 unspecified atom stereocenters. The zero-order valence-corrected chi connectivity index (χ0v) is 26.8. The fraction of sp³-hybridized carbons (Fsp3) is 0.275. The molecule has 0 aromatic heterocycles. The van der Waals surface area contributed by atoms with E-state index in [0.29, 0.717) is 0 Å². The first-order valence-corrected chi connectivity index (χ1v) is 15.8. The highest BCUT2D eigenvalue weighted by molar-refractivity contribution is 6.21. The Morgan fingerprint density at radius 1 is 0.767 bits per heavy atom. The number of hydrogen-bond donors (Lipinski definition) is 0. The Morgan fingerprint density at radius 3 is 2.14 bits per heavy atom. The summed E-state index contributed by atoms with van der Waals surface area (Å²) in [6.07, 6.45) is 13.3. The summed E-state index contributed by atoms with van der Waals surface area (Å²) in [5.74, 6) is 0. The van der Waals surface area contributed by atoms with Crippen molar-refractivity contribution < 1.29 is 4.58 Å². The van der Waals surface area contributed by atoms with Gasteiger partial charge in [-0.2, -0.15) is 4.58 Å². The zero-order valence-electron chi connectivity index (χ0n) is 26.1. The SMILES string of the molecule is CN1/C(=C\C=C2C=C(/C=C/C3=[N+](C)c4ccc5ccccc5c4C3(C)C)CC(Cl)C\2)C(C)(C)c2c1ccc1ccccc21. The summed E-state index contributed by atoms with van der Waals surface area (Å²) >= 11 is 6.88. The minimum absolute atomic E-state index is 0.0882. The average Bonchev–Trinajstić information content (AvgIpc) is 3.31. The van der Waals surface area contributed by atoms with Crippen molar-refractivity contribution in [3.63, 3.8) is 0 Å². The van der Waals surface area contributed by atoms with Crippen molar-refractivity contribution in [1.29, 1.82) is 0 Å². The van der Waals surface area contributed by atoms with Crippen molar-refractivity contribution in [3.8, 4) is 0 Å². The molecular formula is C40H40ClN2+. The molecule has 3 heteroatoms. The van der Waals surface area contributed by atoms with Crippen LogP contribution < -0.4 is 4.90 Å². The summed E-state index contributed by atoms with van der Waals surface area (Å²) in [5, 5.41) is 5.36. The molecule has 216 valence electrons. The van der Waals surface area contributed by atoms with E-state index in [1.54, 1.807) is 0 Å². The molecule has 2 nitrogen and oxygen atoms in total. The van der Waals surface area contributed by atoms with E-state index < -0.39 is 0 Å². The molecule has 2 aliphatic heterocycles. The molecule has 43 heavy (non-hydrogen) atoms. The number of rotatable bonds is 3. The fourth-order valence-electron chi connectivity index (χ4n) is 7.93. The van der Waals surface area contributed by atoms with Crippen LogP contribution in [0.25, 0.3) is 21.5 Å². The van der Waals surface area contributed by atoms with E-state index in [-0.39, 0.29) is 16.2 Å². The van der Waals surface area contributed by atoms with Crippen LogP contribution in [-0.4, -0.2) is 29.8 Å². The molecule has 0 fully saturated rings. The molecule has 4 aromatic carbocycles. The smallest absolute Gasteiger partial charge is 0.210 e. The van der Waals surface area contributed by atoms with E-state index in [2.05, 4.69) is 154 Å². The van der Waals surface area contributed by atoms with Crippen molar-refractivity contribution in [2.24, 2.45) is 0 Å². The second-order valence-electron chi connectivity index (χ2n) is 13.5. The number of likely N-dealkylation sites (N-methyl/N-ethyl adjacent to an activating group) is 1. The standard InChI is InChI=1S/C40H40ClN2/c1-39(2)35(42(5)33-19-17-28-11-7-9-13-31(28)37(33)39)21-15-26-23-27(25-30(41)24-26)16-22-36-40(3,4)38-32-14-10-8-12-29(32)18-20-34(38)43(36)6/h7-23,30H,24-25H2,1-6H3/q+1. The Morgan fingerprint density at radius 2 is 1.42 bits per heavy atom. The van der Waals surface area contributed by atoms with Crippen molar-refractivity contribution in [3.05, 3.63) is 131 Å². The van der Waals surface area contributed by atoms with Crippen LogP contribution in [-0.2, 0) is 10.8 Å². The summed E-state index contributed by atoms with van der Waals surface area (Å²) in [6.45, 7) is 9.39. The Kier molecular flexibility index (Phi) is 6.56. The second kappa shape index (κ2) is 10.1. The van der Waals surface area contributed by atoms with Gasteiger partial charge in [0.25, 0.3) is 0 Å². The van der Waals surface area contributed by atoms with Crippen LogP contribution in [0.15, 0.2) is 120 Å². The van der Waals surface area contributed by atoms with Crippen molar-refractivity contribution >= 4 is 50.2 Å². The van der Waals surface area contributed by atoms with Crippen LogP contribution in [0.2, 0.25) is 0 Å². The van der Waals surface area contributed by atoms with E-state index >= 15 is 0 Å². The quantitative estimate of drug-likeness (QED) is 0.172. The van der Waals surface area contributed by atoms with Crippen LogP contribution in [0.3, 0.4) is 0 Å². The number of allylic oxidation sites excluding steroid dienone is 8. The Balaban J connectivity index is 1.21. The highest BCUT2D eigenvalue weighted by Crippen LogP contribution is 2.50. The topological polar surface area (TPSA) is 6.25 Å². The molecule has 0 radical (unpaired) electrons. The highest BCUT2D eigenvalue weighted by atomic mass is 35.5. The molecule has 0 amide bonds. The first-order valence-electron chi connectivity index (χ1n) is 15.4. The first kappa shape index (κ1) is 27.9. The summed E-state index contributed by atoms with van der Waals surface area (Å²) in [5.41, 5.74) is 10.4. The summed E-state index contributed by atoms with van der Waals surface area (Å²) in [6, 6.07) is 26.5. The van der Waals surface area contributed by atoms with E-state index in [9.17, 15) is 0 Å². The van der Waals surface area contributed by atoms with Crippen molar-refractivity contribution in [2.75, 3.05) is 19.0 Å². The van der Waals surface area contributed by atoms with E-state index in [0.717, 1.165) is 12.8 Å². The van der Waals surface area contributed by atoms with Gasteiger partial charge in [-0.15, -0.1) is 11.6 Å². The number of alkyl halides is 1. The van der Waals surface area contributed by atoms with Gasteiger partial charge in [0, 0.05) is 46.9 Å². The Bertz CT molecular complexity index is 1960. The maximum absolute atomic E-state index is 6.88. The lowest BCUT2D eigenvalue weighted by atomic mass is 9.79. The number of nitrogens with zero attached hydrogens (tertiary/aromatic N) is 2. The normalized spacial score (nSPS) is 22.7. The lowest BCUT2D eigenvalue weighted by Crippen LogP contribution is -2.27. The third-order valence-electron chi connectivity index (χ3n) is 9.99. The molecule has 0 saturated carbocycles. The predicted molar refractivity (Wildman–Crippen MR) is 185 cm³/mol. The van der Waals surface area contributed by atoms with Gasteiger partial charge in [0.2, 0.25) is 5.69 Å². The van der Waals surface area contributed by atoms with Gasteiger partial charge in [0.05, 0.1) is 5.41 Å². The minimum atomic E-state index is -0.0993. The van der Waals surface area contributed by atoms with Gasteiger partial charge in [0.1, 0.15) is 7.05 Å². The summed E-state index contributed by atoms with van der Waals surface area (Å²) in [4.78, 5) is 2.36. The maximum atomic E-state index is 6.88. The zero-order chi connectivity index (χ0) is 30.1.